The minimum atomic E-state index is -4.85. The molecule has 0 aliphatic carbocycles. The zero-order valence-electron chi connectivity index (χ0n) is 17.8. The maximum Gasteiger partial charge on any atom is 0.417 e. The number of alkyl halides is 3. The lowest BCUT2D eigenvalue weighted by atomic mass is 10.2. The first-order valence-corrected chi connectivity index (χ1v) is 12.3. The fraction of sp³-hybridized carbons (Fsp3) is 0.364. The smallest absolute Gasteiger partial charge is 0.417 e. The minimum absolute atomic E-state index is 0.00353. The molecular formula is C22H23ClF3N3O3S. The molecule has 33 heavy (non-hydrogen) atoms. The molecule has 1 atom stereocenters. The molecule has 1 aliphatic heterocycles. The van der Waals surface area contributed by atoms with Gasteiger partial charge in [-0.05, 0) is 56.3 Å². The van der Waals surface area contributed by atoms with Crippen molar-refractivity contribution in [3.8, 4) is 0 Å². The average Bonchev–Trinajstić information content (AvgIpc) is 3.45. The molecular weight excluding hydrogens is 479 g/mol. The summed E-state index contributed by atoms with van der Waals surface area (Å²) in [6.45, 7) is 4.65. The number of furan rings is 1. The zero-order chi connectivity index (χ0) is 23.8. The largest absolute Gasteiger partial charge is 0.462 e. The quantitative estimate of drug-likeness (QED) is 0.421. The lowest BCUT2D eigenvalue weighted by Crippen LogP contribution is -2.34. The number of anilines is 2. The minimum Gasteiger partial charge on any atom is -0.462 e. The number of benzene rings is 2. The Morgan fingerprint density at radius 2 is 2.00 bits per heavy atom. The van der Waals surface area contributed by atoms with Crippen LogP contribution in [0.15, 0.2) is 58.0 Å². The Kier molecular flexibility index (Phi) is 6.52. The van der Waals surface area contributed by atoms with E-state index in [2.05, 4.69) is 17.1 Å². The molecule has 1 aromatic heterocycles. The molecule has 4 rings (SSSR count). The van der Waals surface area contributed by atoms with Gasteiger partial charge in [0.2, 0.25) is 0 Å². The van der Waals surface area contributed by atoms with Crippen molar-refractivity contribution in [3.05, 3.63) is 54.3 Å². The molecule has 178 valence electrons. The summed E-state index contributed by atoms with van der Waals surface area (Å²) in [5.74, 6) is 0. The fourth-order valence-electron chi connectivity index (χ4n) is 4.22. The van der Waals surface area contributed by atoms with E-state index in [1.165, 1.54) is 24.5 Å². The molecule has 0 unspecified atom stereocenters. The van der Waals surface area contributed by atoms with Crippen LogP contribution in [0.3, 0.4) is 0 Å². The van der Waals surface area contributed by atoms with Gasteiger partial charge < -0.3 is 9.73 Å². The number of fused-ring (bicyclic) bond motifs is 1. The number of nitrogens with zero attached hydrogens (tertiary/aromatic N) is 2. The summed E-state index contributed by atoms with van der Waals surface area (Å²) in [4.78, 5) is 1.43. The highest BCUT2D eigenvalue weighted by molar-refractivity contribution is 7.94. The number of hydrogen-bond acceptors (Lipinski definition) is 5. The number of sulfonamides is 1. The molecule has 2 heterocycles. The van der Waals surface area contributed by atoms with Gasteiger partial charge in [0, 0.05) is 29.7 Å². The number of nitrogens with one attached hydrogen (secondary N) is 1. The summed E-state index contributed by atoms with van der Waals surface area (Å²) in [6.07, 6.45) is -1.26. The lowest BCUT2D eigenvalue weighted by molar-refractivity contribution is -0.139. The fourth-order valence-corrected chi connectivity index (χ4v) is 5.81. The Labute approximate surface area is 195 Å². The normalized spacial score (nSPS) is 17.5. The van der Waals surface area contributed by atoms with Gasteiger partial charge in [-0.2, -0.15) is 25.4 Å². The maximum absolute atomic E-state index is 13.4. The molecule has 0 saturated carbocycles. The molecule has 0 radical (unpaired) electrons. The van der Waals surface area contributed by atoms with Crippen LogP contribution in [0.25, 0.3) is 11.0 Å². The Hall–Kier alpha value is -2.43. The third-order valence-corrected chi connectivity index (χ3v) is 8.14. The number of rotatable bonds is 7. The van der Waals surface area contributed by atoms with Crippen molar-refractivity contribution >= 4 is 44.1 Å². The SMILES string of the molecule is CCN1CCC[C@@H]1CNc1cc(N(Cl)S(=O)(=O)c2ccccc2C(F)(F)F)cc2ccoc12. The van der Waals surface area contributed by atoms with Crippen molar-refractivity contribution in [2.24, 2.45) is 0 Å². The van der Waals surface area contributed by atoms with Gasteiger partial charge in [-0.3, -0.25) is 4.90 Å². The van der Waals surface area contributed by atoms with Gasteiger partial charge in [0.25, 0.3) is 10.0 Å². The van der Waals surface area contributed by atoms with Gasteiger partial charge in [-0.15, -0.1) is 0 Å². The molecule has 1 N–H and O–H groups in total. The summed E-state index contributed by atoms with van der Waals surface area (Å²) in [5, 5.41) is 3.87. The molecule has 1 saturated heterocycles. The van der Waals surface area contributed by atoms with Gasteiger partial charge in [0.05, 0.1) is 23.2 Å². The summed E-state index contributed by atoms with van der Waals surface area (Å²) in [7, 11) is -4.71. The van der Waals surface area contributed by atoms with E-state index in [1.807, 2.05) is 0 Å². The van der Waals surface area contributed by atoms with Crippen molar-refractivity contribution < 1.29 is 26.0 Å². The molecule has 0 bridgehead atoms. The first-order chi connectivity index (χ1) is 15.6. The molecule has 2 aromatic carbocycles. The van der Waals surface area contributed by atoms with Crippen molar-refractivity contribution in [3.63, 3.8) is 0 Å². The van der Waals surface area contributed by atoms with Crippen molar-refractivity contribution in [2.45, 2.75) is 36.9 Å². The van der Waals surface area contributed by atoms with Crippen LogP contribution in [0.2, 0.25) is 0 Å². The number of hydrogen-bond donors (Lipinski definition) is 1. The van der Waals surface area contributed by atoms with Crippen molar-refractivity contribution in [2.75, 3.05) is 28.8 Å². The second-order valence-electron chi connectivity index (χ2n) is 7.85. The first kappa shape index (κ1) is 23.7. The van der Waals surface area contributed by atoms with E-state index in [0.29, 0.717) is 39.1 Å². The van der Waals surface area contributed by atoms with Crippen molar-refractivity contribution in [1.29, 1.82) is 0 Å². The van der Waals surface area contributed by atoms with E-state index in [-0.39, 0.29) is 5.69 Å². The van der Waals surface area contributed by atoms with Crippen LogP contribution < -0.4 is 9.14 Å². The van der Waals surface area contributed by atoms with Crippen molar-refractivity contribution in [1.82, 2.24) is 4.90 Å². The van der Waals surface area contributed by atoms with E-state index in [4.69, 9.17) is 16.2 Å². The van der Waals surface area contributed by atoms with Gasteiger partial charge in [-0.1, -0.05) is 19.1 Å². The molecule has 0 spiro atoms. The standard InChI is InChI=1S/C22H23ClF3N3O3S/c1-2-28-10-5-6-16(28)14-27-19-13-17(12-15-9-11-32-21(15)19)29(23)33(30,31)20-8-4-3-7-18(20)22(24,25)26/h3-4,7-9,11-13,16,27H,2,5-6,10,14H2,1H3/t16-/m1/s1. The zero-order valence-corrected chi connectivity index (χ0v) is 19.3. The van der Waals surface area contributed by atoms with Crippen LogP contribution in [0.4, 0.5) is 24.5 Å². The van der Waals surface area contributed by atoms with Crippen LogP contribution in [-0.4, -0.2) is 39.0 Å². The first-order valence-electron chi connectivity index (χ1n) is 10.5. The van der Waals surface area contributed by atoms with Gasteiger partial charge >= 0.3 is 6.18 Å². The summed E-state index contributed by atoms with van der Waals surface area (Å²) in [6, 6.07) is 8.84. The second-order valence-corrected chi connectivity index (χ2v) is 10.1. The maximum atomic E-state index is 13.4. The van der Waals surface area contributed by atoms with Gasteiger partial charge in [0.15, 0.2) is 5.58 Å². The number of likely N-dealkylation sites (tertiary alicyclic amines) is 1. The monoisotopic (exact) mass is 501 g/mol. The average molecular weight is 502 g/mol. The van der Waals surface area contributed by atoms with E-state index in [1.54, 1.807) is 6.07 Å². The van der Waals surface area contributed by atoms with Gasteiger partial charge in [-0.25, -0.2) is 0 Å². The van der Waals surface area contributed by atoms with E-state index >= 15 is 0 Å². The van der Waals surface area contributed by atoms with Gasteiger partial charge in [0.1, 0.15) is 4.90 Å². The molecule has 1 fully saturated rings. The summed E-state index contributed by atoms with van der Waals surface area (Å²) < 4.78 is 72.4. The predicted molar refractivity (Wildman–Crippen MR) is 122 cm³/mol. The Morgan fingerprint density at radius 1 is 1.24 bits per heavy atom. The Morgan fingerprint density at radius 3 is 2.73 bits per heavy atom. The van der Waals surface area contributed by atoms with Crippen LogP contribution in [0.5, 0.6) is 0 Å². The molecule has 0 amide bonds. The molecule has 6 nitrogen and oxygen atoms in total. The lowest BCUT2D eigenvalue weighted by Gasteiger charge is -2.24. The topological polar surface area (TPSA) is 65.8 Å². The third kappa shape index (κ3) is 4.64. The third-order valence-electron chi connectivity index (χ3n) is 5.85. The Bertz CT molecular complexity index is 1250. The second kappa shape index (κ2) is 9.08. The molecule has 1 aliphatic rings. The number of halogens is 4. The molecule has 3 aromatic rings. The highest BCUT2D eigenvalue weighted by Crippen LogP contribution is 2.39. The van der Waals surface area contributed by atoms with Crippen LogP contribution in [0.1, 0.15) is 25.3 Å². The summed E-state index contributed by atoms with van der Waals surface area (Å²) in [5.41, 5.74) is -0.249. The van der Waals surface area contributed by atoms with Crippen LogP contribution in [-0.2, 0) is 16.2 Å². The van der Waals surface area contributed by atoms with E-state index in [9.17, 15) is 21.6 Å². The molecule has 11 heteroatoms. The van der Waals surface area contributed by atoms with Crippen LogP contribution in [0, 0.1) is 0 Å². The Balaban J connectivity index is 1.69. The highest BCUT2D eigenvalue weighted by atomic mass is 35.5. The summed E-state index contributed by atoms with van der Waals surface area (Å²) >= 11 is 6.18. The predicted octanol–water partition coefficient (Wildman–Crippen LogP) is 5.70. The highest BCUT2D eigenvalue weighted by Gasteiger charge is 2.39. The number of likely N-dealkylation sites (N-methyl/N-ethyl adjacent to an activating group) is 1. The van der Waals surface area contributed by atoms with E-state index in [0.717, 1.165) is 38.1 Å². The van der Waals surface area contributed by atoms with Crippen LogP contribution >= 0.6 is 11.8 Å². The van der Waals surface area contributed by atoms with E-state index < -0.39 is 26.7 Å².